The van der Waals surface area contributed by atoms with Crippen LogP contribution in [0.5, 0.6) is 0 Å². The molecule has 0 heterocycles. The molecule has 0 spiro atoms. The van der Waals surface area contributed by atoms with Crippen molar-refractivity contribution in [2.24, 2.45) is 0 Å². The zero-order valence-corrected chi connectivity index (χ0v) is 11.4. The first-order valence-corrected chi connectivity index (χ1v) is 6.93. The molecule has 0 aliphatic heterocycles. The first-order chi connectivity index (χ1) is 9.28. The fourth-order valence-electron chi connectivity index (χ4n) is 2.32. The van der Waals surface area contributed by atoms with Crippen LogP contribution in [0, 0.1) is 0 Å². The van der Waals surface area contributed by atoms with Gasteiger partial charge in [0.05, 0.1) is 19.3 Å². The largest absolute Gasteiger partial charge is 0.374 e. The second-order valence-corrected chi connectivity index (χ2v) is 4.99. The lowest BCUT2D eigenvalue weighted by molar-refractivity contribution is -0.115. The van der Waals surface area contributed by atoms with Gasteiger partial charge in [0.15, 0.2) is 0 Å². The van der Waals surface area contributed by atoms with E-state index in [1.54, 1.807) is 7.05 Å². The number of benzene rings is 1. The van der Waals surface area contributed by atoms with Crippen LogP contribution in [0.1, 0.15) is 31.2 Å². The molecule has 0 aromatic heterocycles. The molecule has 1 saturated carbocycles. The highest BCUT2D eigenvalue weighted by Gasteiger charge is 2.14. The molecule has 0 unspecified atom stereocenters. The molecule has 0 atom stereocenters. The highest BCUT2D eigenvalue weighted by atomic mass is 16.5. The lowest BCUT2D eigenvalue weighted by Crippen LogP contribution is -2.24. The summed E-state index contributed by atoms with van der Waals surface area (Å²) in [6.45, 7) is 0.988. The smallest absolute Gasteiger partial charge is 0.238 e. The van der Waals surface area contributed by atoms with Gasteiger partial charge < -0.3 is 15.4 Å². The Kier molecular flexibility index (Phi) is 5.36. The van der Waals surface area contributed by atoms with Gasteiger partial charge in [0, 0.05) is 5.69 Å². The summed E-state index contributed by atoms with van der Waals surface area (Å²) in [7, 11) is 1.75. The second-order valence-electron chi connectivity index (χ2n) is 4.99. The van der Waals surface area contributed by atoms with Crippen molar-refractivity contribution < 1.29 is 9.53 Å². The van der Waals surface area contributed by atoms with Crippen molar-refractivity contribution in [1.82, 2.24) is 5.32 Å². The molecule has 19 heavy (non-hydrogen) atoms. The molecular weight excluding hydrogens is 240 g/mol. The zero-order chi connectivity index (χ0) is 13.5. The van der Waals surface area contributed by atoms with Gasteiger partial charge in [-0.3, -0.25) is 4.79 Å². The van der Waals surface area contributed by atoms with E-state index in [9.17, 15) is 4.79 Å². The summed E-state index contributed by atoms with van der Waals surface area (Å²) < 4.78 is 5.85. The van der Waals surface area contributed by atoms with E-state index in [1.807, 2.05) is 24.3 Å². The van der Waals surface area contributed by atoms with Crippen molar-refractivity contribution in [2.45, 2.75) is 38.4 Å². The number of ether oxygens (including phenoxy) is 1. The predicted molar refractivity (Wildman–Crippen MR) is 76.0 cm³/mol. The number of carbonyl (C=O) groups excluding carboxylic acids is 1. The summed E-state index contributed by atoms with van der Waals surface area (Å²) in [5.74, 6) is -0.0301. The highest BCUT2D eigenvalue weighted by Crippen LogP contribution is 2.22. The normalized spacial score (nSPS) is 15.6. The Morgan fingerprint density at radius 2 is 1.95 bits per heavy atom. The van der Waals surface area contributed by atoms with Gasteiger partial charge in [-0.2, -0.15) is 0 Å². The van der Waals surface area contributed by atoms with E-state index in [0.717, 1.165) is 11.3 Å². The fourth-order valence-corrected chi connectivity index (χ4v) is 2.32. The van der Waals surface area contributed by atoms with E-state index in [4.69, 9.17) is 4.74 Å². The van der Waals surface area contributed by atoms with E-state index in [1.165, 1.54) is 25.7 Å². The Bertz CT molecular complexity index is 397. The number of carbonyl (C=O) groups is 1. The highest BCUT2D eigenvalue weighted by molar-refractivity contribution is 5.92. The summed E-state index contributed by atoms with van der Waals surface area (Å²) in [5.41, 5.74) is 1.98. The third-order valence-electron chi connectivity index (χ3n) is 3.36. The molecular formula is C15H22N2O2. The van der Waals surface area contributed by atoms with Gasteiger partial charge in [0.1, 0.15) is 0 Å². The molecule has 0 radical (unpaired) electrons. The van der Waals surface area contributed by atoms with Gasteiger partial charge >= 0.3 is 0 Å². The van der Waals surface area contributed by atoms with Crippen LogP contribution in [0.2, 0.25) is 0 Å². The Morgan fingerprint density at radius 3 is 2.58 bits per heavy atom. The average molecular weight is 262 g/mol. The number of amides is 1. The molecule has 1 aromatic carbocycles. The van der Waals surface area contributed by atoms with Gasteiger partial charge in [-0.15, -0.1) is 0 Å². The van der Waals surface area contributed by atoms with Crippen LogP contribution in [0.3, 0.4) is 0 Å². The zero-order valence-electron chi connectivity index (χ0n) is 11.4. The van der Waals surface area contributed by atoms with Crippen molar-refractivity contribution in [3.05, 3.63) is 29.8 Å². The van der Waals surface area contributed by atoms with Crippen LogP contribution >= 0.6 is 0 Å². The molecule has 104 valence electrons. The van der Waals surface area contributed by atoms with Crippen LogP contribution in [-0.4, -0.2) is 25.6 Å². The standard InChI is InChI=1S/C15H22N2O2/c1-16-10-15(18)17-13-8-6-12(7-9-13)11-19-14-4-2-3-5-14/h6-9,14,16H,2-5,10-11H2,1H3,(H,17,18). The molecule has 2 N–H and O–H groups in total. The summed E-state index contributed by atoms with van der Waals surface area (Å²) >= 11 is 0. The summed E-state index contributed by atoms with van der Waals surface area (Å²) in [6.07, 6.45) is 5.41. The van der Waals surface area contributed by atoms with Gasteiger partial charge in [-0.05, 0) is 37.6 Å². The molecule has 1 fully saturated rings. The minimum atomic E-state index is -0.0301. The number of hydrogen-bond acceptors (Lipinski definition) is 3. The van der Waals surface area contributed by atoms with Gasteiger partial charge in [-0.25, -0.2) is 0 Å². The van der Waals surface area contributed by atoms with Crippen LogP contribution in [0.4, 0.5) is 5.69 Å². The van der Waals surface area contributed by atoms with Crippen LogP contribution in [-0.2, 0) is 16.1 Å². The van der Waals surface area contributed by atoms with E-state index in [-0.39, 0.29) is 5.91 Å². The minimum absolute atomic E-state index is 0.0301. The van der Waals surface area contributed by atoms with Crippen molar-refractivity contribution in [2.75, 3.05) is 18.9 Å². The molecule has 0 bridgehead atoms. The second kappa shape index (κ2) is 7.26. The average Bonchev–Trinajstić information content (AvgIpc) is 2.91. The molecule has 4 nitrogen and oxygen atoms in total. The minimum Gasteiger partial charge on any atom is -0.374 e. The lowest BCUT2D eigenvalue weighted by atomic mass is 10.2. The Balaban J connectivity index is 1.78. The maximum atomic E-state index is 11.4. The van der Waals surface area contributed by atoms with Crippen LogP contribution < -0.4 is 10.6 Å². The number of rotatable bonds is 6. The van der Waals surface area contributed by atoms with Crippen molar-refractivity contribution in [3.63, 3.8) is 0 Å². The quantitative estimate of drug-likeness (QED) is 0.827. The molecule has 1 aliphatic carbocycles. The monoisotopic (exact) mass is 262 g/mol. The third-order valence-corrected chi connectivity index (χ3v) is 3.36. The number of anilines is 1. The molecule has 4 heteroatoms. The molecule has 2 rings (SSSR count). The fraction of sp³-hybridized carbons (Fsp3) is 0.533. The van der Waals surface area contributed by atoms with E-state index < -0.39 is 0 Å². The van der Waals surface area contributed by atoms with Gasteiger partial charge in [-0.1, -0.05) is 25.0 Å². The van der Waals surface area contributed by atoms with Crippen molar-refractivity contribution >= 4 is 11.6 Å². The topological polar surface area (TPSA) is 50.4 Å². The predicted octanol–water partition coefficient (Wildman–Crippen LogP) is 2.30. The van der Waals surface area contributed by atoms with Crippen molar-refractivity contribution in [3.8, 4) is 0 Å². The molecule has 0 saturated heterocycles. The number of nitrogens with one attached hydrogen (secondary N) is 2. The summed E-state index contributed by atoms with van der Waals surface area (Å²) in [5, 5.41) is 5.64. The maximum Gasteiger partial charge on any atom is 0.238 e. The molecule has 1 aromatic rings. The SMILES string of the molecule is CNCC(=O)Nc1ccc(COC2CCCC2)cc1. The lowest BCUT2D eigenvalue weighted by Gasteiger charge is -2.11. The number of hydrogen-bond donors (Lipinski definition) is 2. The van der Waals surface area contributed by atoms with Crippen LogP contribution in [0.15, 0.2) is 24.3 Å². The first-order valence-electron chi connectivity index (χ1n) is 6.93. The Labute approximate surface area is 114 Å². The summed E-state index contributed by atoms with van der Waals surface area (Å²) in [4.78, 5) is 11.4. The van der Waals surface area contributed by atoms with Gasteiger partial charge in [0.25, 0.3) is 0 Å². The third kappa shape index (κ3) is 4.65. The van der Waals surface area contributed by atoms with Crippen molar-refractivity contribution in [1.29, 1.82) is 0 Å². The van der Waals surface area contributed by atoms with Gasteiger partial charge in [0.2, 0.25) is 5.91 Å². The summed E-state index contributed by atoms with van der Waals surface area (Å²) in [6, 6.07) is 7.84. The maximum absolute atomic E-state index is 11.4. The first kappa shape index (κ1) is 14.0. The Hall–Kier alpha value is -1.39. The Morgan fingerprint density at radius 1 is 1.26 bits per heavy atom. The van der Waals surface area contributed by atoms with E-state index in [2.05, 4.69) is 10.6 Å². The molecule has 1 aliphatic rings. The van der Waals surface area contributed by atoms with E-state index >= 15 is 0 Å². The van der Waals surface area contributed by atoms with E-state index in [0.29, 0.717) is 19.3 Å². The number of likely N-dealkylation sites (N-methyl/N-ethyl adjacent to an activating group) is 1. The molecule has 1 amide bonds. The van der Waals surface area contributed by atoms with Crippen LogP contribution in [0.25, 0.3) is 0 Å².